The molecule has 0 aliphatic carbocycles. The van der Waals surface area contributed by atoms with Crippen LogP contribution in [-0.4, -0.2) is 79.4 Å². The van der Waals surface area contributed by atoms with Crippen LogP contribution in [0.5, 0.6) is 23.0 Å². The van der Waals surface area contributed by atoms with Gasteiger partial charge >= 0.3 is 0 Å². The number of halogens is 20. The van der Waals surface area contributed by atoms with E-state index >= 15 is 35.1 Å². The summed E-state index contributed by atoms with van der Waals surface area (Å²) in [5.41, 5.74) is -14.3. The second-order valence-corrected chi connectivity index (χ2v) is 25.8. The van der Waals surface area contributed by atoms with Crippen molar-refractivity contribution in [3.63, 3.8) is 0 Å². The summed E-state index contributed by atoms with van der Waals surface area (Å²) in [5.74, 6) is -68.6. The molecule has 0 atom stereocenters. The molecule has 0 heterocycles. The Morgan fingerprint density at radius 1 is 0.230 bits per heavy atom. The summed E-state index contributed by atoms with van der Waals surface area (Å²) in [7, 11) is -0.811. The van der Waals surface area contributed by atoms with Gasteiger partial charge in [0.25, 0.3) is 0 Å². The Kier molecular flexibility index (Phi) is 24.4. The van der Waals surface area contributed by atoms with Crippen molar-refractivity contribution in [1.29, 1.82) is 0 Å². The van der Waals surface area contributed by atoms with E-state index in [1.165, 1.54) is 0 Å². The average molecular weight is 1480 g/mol. The molecule has 0 unspecified atom stereocenters. The van der Waals surface area contributed by atoms with Gasteiger partial charge in [-0.2, -0.15) is 0 Å². The SMILES string of the molecule is Fc1c(F)c(F)c([B-](c2c(F)c(F)c(F)c(F)c2F)(c2c(F)c(F)c(F)c(F)c2F)c2c(F)c(F)c(F)c(F)c2F)c(F)c1F.OCCOc1ccc([S+](c2ccc(OCCO)cc2)c2ccc([S-2]c3ccc([S+](c4ccc(OCCO)cc4)c4ccc(OCCO)cc4)cc3)cc2)cc1. The van der Waals surface area contributed by atoms with Gasteiger partial charge in [-0.15, -0.1) is 46.1 Å². The van der Waals surface area contributed by atoms with E-state index in [2.05, 4.69) is 97.1 Å². The van der Waals surface area contributed by atoms with Gasteiger partial charge in [0.05, 0.1) is 48.2 Å². The van der Waals surface area contributed by atoms with Crippen molar-refractivity contribution >= 4 is 61.5 Å². The number of hydrogen-bond acceptors (Lipinski definition) is 9. The first-order valence-electron chi connectivity index (χ1n) is 28.7. The standard InChI is InChI=1S/C44H44O8S3.C24BF20/c45-25-29-49-33-1-13-39(14-2-33)54(40-15-3-34(4-16-40)50-30-26-46)43-21-9-37(10-22-43)53-38-11-23-44(24-12-38)55(41-17-5-35(6-18-41)51-31-27-47)42-19-7-36(8-20-42)52-32-28-48;26-5-1(6(27)14(35)21(42)13(5)34)25(2-7(28)15(36)22(43)16(37)8(2)29,3-9(30)17(38)23(44)18(39)10(3)31)4-11(32)19(40)24(45)20(41)12(4)33/h1-24,45-48H,25-32H2;/q;-1. The van der Waals surface area contributed by atoms with E-state index in [4.69, 9.17) is 39.4 Å². The third-order valence-corrected chi connectivity index (χ3v) is 20.2. The molecule has 10 aromatic rings. The maximum atomic E-state index is 15.4. The summed E-state index contributed by atoms with van der Waals surface area (Å²) in [6.07, 6.45) is -7.22. The fourth-order valence-corrected chi connectivity index (χ4v) is 15.4. The van der Waals surface area contributed by atoms with Gasteiger partial charge in [0.15, 0.2) is 99.2 Å². The van der Waals surface area contributed by atoms with Crippen LogP contribution in [0.15, 0.2) is 185 Å². The number of aliphatic hydroxyl groups excluding tert-OH is 4. The molecule has 0 bridgehead atoms. The Morgan fingerprint density at radius 3 is 0.540 bits per heavy atom. The van der Waals surface area contributed by atoms with Crippen molar-refractivity contribution in [3.05, 3.63) is 262 Å². The van der Waals surface area contributed by atoms with E-state index in [0.29, 0.717) is 23.0 Å². The minimum Gasteiger partial charge on any atom is -1.17 e. The quantitative estimate of drug-likeness (QED) is 0.0154. The van der Waals surface area contributed by atoms with Crippen LogP contribution in [0.25, 0.3) is 0 Å². The first kappa shape index (κ1) is 75.2. The minimum absolute atomic E-state index is 0.0398. The maximum absolute atomic E-state index is 15.4. The molecule has 0 aliphatic rings. The molecule has 0 fully saturated rings. The van der Waals surface area contributed by atoms with Gasteiger partial charge < -0.3 is 60.9 Å². The molecular weight excluding hydrogens is 1430 g/mol. The van der Waals surface area contributed by atoms with Crippen molar-refractivity contribution < 1.29 is 127 Å². The zero-order chi connectivity index (χ0) is 72.6. The van der Waals surface area contributed by atoms with E-state index in [1.807, 2.05) is 48.5 Å². The Bertz CT molecular complexity index is 3940. The van der Waals surface area contributed by atoms with Gasteiger partial charge in [0, 0.05) is 0 Å². The second-order valence-electron chi connectivity index (χ2n) is 20.6. The van der Waals surface area contributed by atoms with Crippen LogP contribution in [0.3, 0.4) is 0 Å². The number of ether oxygens (including phenoxy) is 4. The van der Waals surface area contributed by atoms with Crippen LogP contribution in [0, 0.1) is 116 Å². The molecule has 0 spiro atoms. The van der Waals surface area contributed by atoms with Crippen LogP contribution < -0.4 is 40.8 Å². The molecule has 10 rings (SSSR count). The molecule has 0 aromatic heterocycles. The van der Waals surface area contributed by atoms with Gasteiger partial charge in [-0.3, -0.25) is 0 Å². The lowest BCUT2D eigenvalue weighted by Crippen LogP contribution is -2.81. The average Bonchev–Trinajstić information content (AvgIpc) is 0.690. The number of rotatable bonds is 24. The van der Waals surface area contributed by atoms with Gasteiger partial charge in [0.2, 0.25) is 0 Å². The van der Waals surface area contributed by atoms with E-state index in [-0.39, 0.29) is 52.9 Å². The summed E-state index contributed by atoms with van der Waals surface area (Å²) in [6.45, 7) is 0.825. The summed E-state index contributed by atoms with van der Waals surface area (Å²) in [4.78, 5) is 9.10. The van der Waals surface area contributed by atoms with E-state index in [0.717, 1.165) is 39.2 Å². The van der Waals surface area contributed by atoms with Crippen LogP contribution in [0.1, 0.15) is 0 Å². The highest BCUT2D eigenvalue weighted by Crippen LogP contribution is 2.38. The van der Waals surface area contributed by atoms with Crippen LogP contribution in [0.2, 0.25) is 0 Å². The van der Waals surface area contributed by atoms with E-state index in [9.17, 15) is 52.7 Å². The Hall–Kier alpha value is -9.05. The maximum Gasteiger partial charge on any atom is 0.200 e. The van der Waals surface area contributed by atoms with Crippen LogP contribution in [0.4, 0.5) is 87.8 Å². The molecule has 0 saturated heterocycles. The van der Waals surface area contributed by atoms with Crippen LogP contribution in [-0.2, 0) is 33.6 Å². The fraction of sp³-hybridized carbons (Fsp3) is 0.118. The predicted octanol–water partition coefficient (Wildman–Crippen LogP) is 12.7. The molecule has 4 N–H and O–H groups in total. The summed E-state index contributed by atoms with van der Waals surface area (Å²) in [5, 5.41) is 36.7. The fourth-order valence-electron chi connectivity index (χ4n) is 10.5. The lowest BCUT2D eigenvalue weighted by Gasteiger charge is -2.49. The molecule has 32 heteroatoms. The van der Waals surface area contributed by atoms with Crippen LogP contribution >= 0.6 is 0 Å². The van der Waals surface area contributed by atoms with Gasteiger partial charge in [-0.1, -0.05) is 0 Å². The summed E-state index contributed by atoms with van der Waals surface area (Å²) >= 11 is 1.71. The number of hydrogen-bond donors (Lipinski definition) is 4. The van der Waals surface area contributed by atoms with Gasteiger partial charge in [-0.05, 0) is 121 Å². The van der Waals surface area contributed by atoms with Crippen molar-refractivity contribution in [2.75, 3.05) is 52.9 Å². The topological polar surface area (TPSA) is 118 Å². The second kappa shape index (κ2) is 32.5. The van der Waals surface area contributed by atoms with Crippen molar-refractivity contribution in [2.24, 2.45) is 0 Å². The smallest absolute Gasteiger partial charge is 0.200 e. The molecule has 8 nitrogen and oxygen atoms in total. The van der Waals surface area contributed by atoms with E-state index in [1.54, 1.807) is 11.8 Å². The molecule has 526 valence electrons. The molecule has 0 aliphatic heterocycles. The highest BCUT2D eigenvalue weighted by molar-refractivity contribution is 7.97. The minimum atomic E-state index is -7.22. The molecule has 0 radical (unpaired) electrons. The molecule has 0 amide bonds. The predicted molar refractivity (Wildman–Crippen MR) is 326 cm³/mol. The first-order valence-corrected chi connectivity index (χ1v) is 32.0. The van der Waals surface area contributed by atoms with E-state index < -0.39 is 166 Å². The van der Waals surface area contributed by atoms with Gasteiger partial charge in [0.1, 0.15) is 102 Å². The monoisotopic (exact) mass is 1480 g/mol. The Balaban J connectivity index is 0.000000238. The third-order valence-electron chi connectivity index (χ3n) is 14.7. The highest BCUT2D eigenvalue weighted by atomic mass is 32.2. The van der Waals surface area contributed by atoms with Crippen molar-refractivity contribution in [3.8, 4) is 23.0 Å². The zero-order valence-electron chi connectivity index (χ0n) is 50.3. The summed E-state index contributed by atoms with van der Waals surface area (Å²) in [6, 6.07) is 49.5. The Labute approximate surface area is 563 Å². The lowest BCUT2D eigenvalue weighted by molar-refractivity contribution is 0.201. The zero-order valence-corrected chi connectivity index (χ0v) is 52.7. The van der Waals surface area contributed by atoms with Crippen molar-refractivity contribution in [1.82, 2.24) is 0 Å². The highest BCUT2D eigenvalue weighted by Gasteiger charge is 2.52. The normalized spacial score (nSPS) is 11.6. The first-order chi connectivity index (χ1) is 47.8. The largest absolute Gasteiger partial charge is 1.17 e. The lowest BCUT2D eigenvalue weighted by atomic mass is 9.12. The molecule has 100 heavy (non-hydrogen) atoms. The number of benzene rings is 10. The van der Waals surface area contributed by atoms with Gasteiger partial charge in [-0.25, -0.2) is 87.8 Å². The molecule has 0 saturated carbocycles. The Morgan fingerprint density at radius 2 is 0.380 bits per heavy atom. The van der Waals surface area contributed by atoms with Crippen molar-refractivity contribution in [2.45, 2.75) is 39.2 Å². The molecular formula is C68H44BF20O8S3-. The number of aliphatic hydroxyl groups is 4. The summed E-state index contributed by atoms with van der Waals surface area (Å²) < 4.78 is 316. The molecule has 10 aromatic carbocycles. The third kappa shape index (κ3) is 14.9.